The lowest BCUT2D eigenvalue weighted by molar-refractivity contribution is 0.415. The Hall–Kier alpha value is -3.41. The molecule has 0 radical (unpaired) electrons. The second-order valence-electron chi connectivity index (χ2n) is 6.17. The Balaban J connectivity index is 1.56. The highest BCUT2D eigenvalue weighted by Crippen LogP contribution is 2.33. The maximum atomic E-state index is 12.5. The highest BCUT2D eigenvalue weighted by molar-refractivity contribution is 7.92. The number of nitrogens with one attached hydrogen (secondary N) is 1. The van der Waals surface area contributed by atoms with Gasteiger partial charge in [-0.2, -0.15) is 5.26 Å². The summed E-state index contributed by atoms with van der Waals surface area (Å²) in [4.78, 5) is 4.72. The van der Waals surface area contributed by atoms with Gasteiger partial charge < -0.3 is 4.74 Å². The van der Waals surface area contributed by atoms with E-state index in [1.807, 2.05) is 36.4 Å². The van der Waals surface area contributed by atoms with Crippen LogP contribution in [0.15, 0.2) is 71.6 Å². The fraction of sp³-hybridized carbons (Fsp3) is 0.0476. The van der Waals surface area contributed by atoms with Gasteiger partial charge in [-0.15, -0.1) is 11.3 Å². The summed E-state index contributed by atoms with van der Waals surface area (Å²) in [5.41, 5.74) is 2.63. The van der Waals surface area contributed by atoms with Crippen molar-refractivity contribution in [2.24, 2.45) is 0 Å². The number of thiazole rings is 1. The Labute approximate surface area is 172 Å². The number of sulfonamides is 1. The van der Waals surface area contributed by atoms with E-state index >= 15 is 0 Å². The second-order valence-corrected chi connectivity index (χ2v) is 8.88. The van der Waals surface area contributed by atoms with Crippen molar-refractivity contribution in [1.82, 2.24) is 4.98 Å². The molecule has 0 aliphatic heterocycles. The van der Waals surface area contributed by atoms with Gasteiger partial charge in [0.15, 0.2) is 0 Å². The van der Waals surface area contributed by atoms with Crippen molar-refractivity contribution in [3.05, 3.63) is 72.3 Å². The van der Waals surface area contributed by atoms with Gasteiger partial charge in [-0.05, 0) is 66.7 Å². The zero-order valence-corrected chi connectivity index (χ0v) is 16.9. The van der Waals surface area contributed by atoms with Crippen LogP contribution in [0.4, 0.5) is 5.69 Å². The van der Waals surface area contributed by atoms with E-state index in [9.17, 15) is 8.42 Å². The van der Waals surface area contributed by atoms with Gasteiger partial charge in [-0.3, -0.25) is 4.72 Å². The summed E-state index contributed by atoms with van der Waals surface area (Å²) in [6.07, 6.45) is 0. The molecule has 1 N–H and O–H groups in total. The second kappa shape index (κ2) is 7.54. The number of nitriles is 1. The quantitative estimate of drug-likeness (QED) is 0.507. The number of hydrogen-bond acceptors (Lipinski definition) is 6. The average Bonchev–Trinajstić information content (AvgIpc) is 3.17. The smallest absolute Gasteiger partial charge is 0.261 e. The summed E-state index contributed by atoms with van der Waals surface area (Å²) in [5, 5.41) is 9.68. The van der Waals surface area contributed by atoms with E-state index in [4.69, 9.17) is 10.00 Å². The molecule has 0 aliphatic rings. The molecule has 0 fully saturated rings. The van der Waals surface area contributed by atoms with Gasteiger partial charge in [-0.1, -0.05) is 0 Å². The first-order chi connectivity index (χ1) is 14.0. The molecule has 0 aliphatic carbocycles. The van der Waals surface area contributed by atoms with Crippen LogP contribution in [0.2, 0.25) is 0 Å². The van der Waals surface area contributed by atoms with Crippen LogP contribution in [0.25, 0.3) is 20.8 Å². The van der Waals surface area contributed by atoms with Crippen molar-refractivity contribution in [2.45, 2.75) is 4.90 Å². The van der Waals surface area contributed by atoms with Crippen molar-refractivity contribution < 1.29 is 13.2 Å². The van der Waals surface area contributed by atoms with Crippen LogP contribution in [0, 0.1) is 11.3 Å². The summed E-state index contributed by atoms with van der Waals surface area (Å²) in [6.45, 7) is 0. The van der Waals surface area contributed by atoms with Gasteiger partial charge in [0.1, 0.15) is 10.8 Å². The minimum atomic E-state index is -3.73. The van der Waals surface area contributed by atoms with Gasteiger partial charge in [0, 0.05) is 11.3 Å². The molecule has 1 heterocycles. The number of hydrogen-bond donors (Lipinski definition) is 1. The Morgan fingerprint density at radius 1 is 1.03 bits per heavy atom. The van der Waals surface area contributed by atoms with Crippen molar-refractivity contribution in [1.29, 1.82) is 5.26 Å². The van der Waals surface area contributed by atoms with Crippen molar-refractivity contribution in [3.63, 3.8) is 0 Å². The lowest BCUT2D eigenvalue weighted by Crippen LogP contribution is -2.12. The van der Waals surface area contributed by atoms with Crippen LogP contribution >= 0.6 is 11.3 Å². The van der Waals surface area contributed by atoms with E-state index in [1.54, 1.807) is 30.6 Å². The molecular formula is C21H15N3O3S2. The van der Waals surface area contributed by atoms with Crippen LogP contribution in [-0.2, 0) is 10.0 Å². The van der Waals surface area contributed by atoms with E-state index in [0.29, 0.717) is 11.3 Å². The standard InChI is InChI=1S/C21H15N3O3S2/c1-27-17-8-11-19-20(12-17)28-21(23-19)15-4-6-16(7-5-15)24-29(25,26)18-9-2-14(13-22)3-10-18/h2-12,24H,1H3. The highest BCUT2D eigenvalue weighted by Gasteiger charge is 2.14. The molecule has 0 amide bonds. The third kappa shape index (κ3) is 3.92. The molecule has 4 rings (SSSR count). The topological polar surface area (TPSA) is 92.1 Å². The molecule has 0 saturated heterocycles. The summed E-state index contributed by atoms with van der Waals surface area (Å²) in [6, 6.07) is 20.5. The average molecular weight is 422 g/mol. The molecule has 0 unspecified atom stereocenters. The van der Waals surface area contributed by atoms with E-state index in [1.165, 1.54) is 24.3 Å². The molecule has 1 aromatic heterocycles. The predicted octanol–water partition coefficient (Wildman–Crippen LogP) is 4.64. The Morgan fingerprint density at radius 2 is 1.76 bits per heavy atom. The highest BCUT2D eigenvalue weighted by atomic mass is 32.2. The molecule has 3 aromatic carbocycles. The third-order valence-electron chi connectivity index (χ3n) is 4.27. The van der Waals surface area contributed by atoms with E-state index in [0.717, 1.165) is 26.5 Å². The number of anilines is 1. The molecule has 0 saturated carbocycles. The van der Waals surface area contributed by atoms with Crippen molar-refractivity contribution in [2.75, 3.05) is 11.8 Å². The maximum Gasteiger partial charge on any atom is 0.261 e. The summed E-state index contributed by atoms with van der Waals surface area (Å²) in [7, 11) is -2.10. The van der Waals surface area contributed by atoms with Crippen LogP contribution in [-0.4, -0.2) is 20.5 Å². The Bertz CT molecular complexity index is 1320. The molecule has 8 heteroatoms. The lowest BCUT2D eigenvalue weighted by atomic mass is 10.2. The Kier molecular flexibility index (Phi) is 4.92. The van der Waals surface area contributed by atoms with E-state index < -0.39 is 10.0 Å². The first kappa shape index (κ1) is 18.9. The van der Waals surface area contributed by atoms with Crippen molar-refractivity contribution in [3.8, 4) is 22.4 Å². The Morgan fingerprint density at radius 3 is 2.41 bits per heavy atom. The molecule has 4 aromatic rings. The maximum absolute atomic E-state index is 12.5. The SMILES string of the molecule is COc1ccc2nc(-c3ccc(NS(=O)(=O)c4ccc(C#N)cc4)cc3)sc2c1. The number of fused-ring (bicyclic) bond motifs is 1. The van der Waals surface area contributed by atoms with Gasteiger partial charge in [0.05, 0.1) is 33.9 Å². The number of rotatable bonds is 5. The molecular weight excluding hydrogens is 406 g/mol. The molecule has 29 heavy (non-hydrogen) atoms. The first-order valence-electron chi connectivity index (χ1n) is 8.56. The van der Waals surface area contributed by atoms with Gasteiger partial charge in [-0.25, -0.2) is 13.4 Å². The van der Waals surface area contributed by atoms with E-state index in [-0.39, 0.29) is 4.90 Å². The van der Waals surface area contributed by atoms with Gasteiger partial charge in [0.25, 0.3) is 10.0 Å². The third-order valence-corrected chi connectivity index (χ3v) is 6.74. The van der Waals surface area contributed by atoms with Crippen LogP contribution in [0.5, 0.6) is 5.75 Å². The predicted molar refractivity (Wildman–Crippen MR) is 114 cm³/mol. The summed E-state index contributed by atoms with van der Waals surface area (Å²) in [5.74, 6) is 0.778. The zero-order chi connectivity index (χ0) is 20.4. The van der Waals surface area contributed by atoms with Gasteiger partial charge >= 0.3 is 0 Å². The van der Waals surface area contributed by atoms with E-state index in [2.05, 4.69) is 9.71 Å². The largest absolute Gasteiger partial charge is 0.497 e. The van der Waals surface area contributed by atoms with Crippen molar-refractivity contribution >= 4 is 37.3 Å². The lowest BCUT2D eigenvalue weighted by Gasteiger charge is -2.08. The van der Waals surface area contributed by atoms with Crippen LogP contribution in [0.1, 0.15) is 5.56 Å². The molecule has 144 valence electrons. The fourth-order valence-corrected chi connectivity index (χ4v) is 4.82. The molecule has 0 bridgehead atoms. The number of ether oxygens (including phenoxy) is 1. The normalized spacial score (nSPS) is 11.2. The summed E-state index contributed by atoms with van der Waals surface area (Å²) < 4.78 is 33.8. The number of aromatic nitrogens is 1. The molecule has 0 atom stereocenters. The first-order valence-corrected chi connectivity index (χ1v) is 10.9. The molecule has 0 spiro atoms. The monoisotopic (exact) mass is 421 g/mol. The molecule has 6 nitrogen and oxygen atoms in total. The number of nitrogens with zero attached hydrogens (tertiary/aromatic N) is 2. The summed E-state index contributed by atoms with van der Waals surface area (Å²) >= 11 is 1.54. The number of benzene rings is 3. The van der Waals surface area contributed by atoms with Crippen LogP contribution < -0.4 is 9.46 Å². The minimum Gasteiger partial charge on any atom is -0.497 e. The zero-order valence-electron chi connectivity index (χ0n) is 15.3. The fourth-order valence-electron chi connectivity index (χ4n) is 2.76. The van der Waals surface area contributed by atoms with Gasteiger partial charge in [0.2, 0.25) is 0 Å². The minimum absolute atomic E-state index is 0.0979. The number of methoxy groups -OCH3 is 1. The van der Waals surface area contributed by atoms with Crippen LogP contribution in [0.3, 0.4) is 0 Å².